The van der Waals surface area contributed by atoms with Gasteiger partial charge in [-0.25, -0.2) is 4.98 Å². The van der Waals surface area contributed by atoms with Crippen LogP contribution in [0.3, 0.4) is 0 Å². The van der Waals surface area contributed by atoms with E-state index in [1.165, 1.54) is 0 Å². The van der Waals surface area contributed by atoms with Crippen molar-refractivity contribution in [3.05, 3.63) is 47.1 Å². The fraction of sp³-hybridized carbons (Fsp3) is 0.593. The number of ketones is 1. The average Bonchev–Trinajstić information content (AvgIpc) is 3.71. The summed E-state index contributed by atoms with van der Waals surface area (Å²) in [5, 5.41) is 0. The highest BCUT2D eigenvalue weighted by atomic mass is 16.5. The lowest BCUT2D eigenvalue weighted by Crippen LogP contribution is -2.32. The lowest BCUT2D eigenvalue weighted by molar-refractivity contribution is -0.115. The van der Waals surface area contributed by atoms with Gasteiger partial charge in [0, 0.05) is 43.6 Å². The van der Waals surface area contributed by atoms with E-state index in [9.17, 15) is 4.79 Å². The number of aromatic nitrogens is 2. The fourth-order valence-corrected chi connectivity index (χ4v) is 5.82. The van der Waals surface area contributed by atoms with Gasteiger partial charge in [0.25, 0.3) is 0 Å². The summed E-state index contributed by atoms with van der Waals surface area (Å²) in [5.41, 5.74) is 3.22. The van der Waals surface area contributed by atoms with Gasteiger partial charge in [-0.15, -0.1) is 0 Å². The molecule has 6 heteroatoms. The first kappa shape index (κ1) is 22.2. The summed E-state index contributed by atoms with van der Waals surface area (Å²) in [6.07, 6.45) is 9.70. The molecule has 1 aromatic rings. The Morgan fingerprint density at radius 1 is 1.18 bits per heavy atom. The molecule has 7 unspecified atom stereocenters. The number of nitrogens with zero attached hydrogens (tertiary/aromatic N) is 3. The van der Waals surface area contributed by atoms with E-state index in [0.29, 0.717) is 54.3 Å². The van der Waals surface area contributed by atoms with Gasteiger partial charge in [-0.1, -0.05) is 25.5 Å². The van der Waals surface area contributed by atoms with E-state index in [-0.39, 0.29) is 17.7 Å². The molecule has 1 aliphatic heterocycles. The molecule has 2 saturated carbocycles. The van der Waals surface area contributed by atoms with Crippen molar-refractivity contribution in [1.82, 2.24) is 14.9 Å². The first-order valence-corrected chi connectivity index (χ1v) is 12.2. The Morgan fingerprint density at radius 3 is 2.73 bits per heavy atom. The zero-order valence-corrected chi connectivity index (χ0v) is 20.5. The summed E-state index contributed by atoms with van der Waals surface area (Å²) in [5.74, 6) is 5.77. The summed E-state index contributed by atoms with van der Waals surface area (Å²) >= 11 is 0. The summed E-state index contributed by atoms with van der Waals surface area (Å²) in [6.45, 7) is 9.12. The van der Waals surface area contributed by atoms with Gasteiger partial charge >= 0.3 is 0 Å². The summed E-state index contributed by atoms with van der Waals surface area (Å²) in [6, 6.07) is 0.237. The first-order chi connectivity index (χ1) is 15.8. The average molecular weight is 450 g/mol. The van der Waals surface area contributed by atoms with Crippen LogP contribution in [0.5, 0.6) is 5.88 Å². The molecule has 176 valence electrons. The summed E-state index contributed by atoms with van der Waals surface area (Å²) < 4.78 is 11.9. The van der Waals surface area contributed by atoms with Gasteiger partial charge in [0.15, 0.2) is 5.78 Å². The standard InChI is InChI=1S/C27H35N3O3/c1-14-9-19(31)11-23(30(5)16(14)3)22-12-28-17(4)29-27(22)33-13-18-10-21(18)20-7-8-24(32-6)26-15(2)25(20)26/h7-8,11-12,14-16,18,21,25-26H,9-10,13H2,1-6H3. The number of rotatable bonds is 6. The Hall–Kier alpha value is -2.63. The Kier molecular flexibility index (Phi) is 5.58. The van der Waals surface area contributed by atoms with Gasteiger partial charge < -0.3 is 14.4 Å². The lowest BCUT2D eigenvalue weighted by Gasteiger charge is -2.31. The number of hydrogen-bond acceptors (Lipinski definition) is 6. The van der Waals surface area contributed by atoms with E-state index >= 15 is 0 Å². The molecule has 4 aliphatic rings. The van der Waals surface area contributed by atoms with Gasteiger partial charge in [-0.3, -0.25) is 4.79 Å². The maximum Gasteiger partial charge on any atom is 0.226 e. The maximum absolute atomic E-state index is 12.5. The minimum Gasteiger partial charge on any atom is -0.501 e. The van der Waals surface area contributed by atoms with E-state index < -0.39 is 0 Å². The van der Waals surface area contributed by atoms with Crippen LogP contribution < -0.4 is 4.74 Å². The number of fused-ring (bicyclic) bond motifs is 1. The van der Waals surface area contributed by atoms with Crippen LogP contribution in [0.4, 0.5) is 0 Å². The van der Waals surface area contributed by atoms with Crippen LogP contribution >= 0.6 is 0 Å². The minimum atomic E-state index is 0.142. The Bertz CT molecular complexity index is 1060. The molecule has 0 radical (unpaired) electrons. The van der Waals surface area contributed by atoms with E-state index in [0.717, 1.165) is 23.4 Å². The molecule has 3 aliphatic carbocycles. The second-order valence-electron chi connectivity index (χ2n) is 10.4. The number of carbonyl (C=O) groups excluding carboxylic acids is 1. The van der Waals surface area contributed by atoms with Crippen LogP contribution in [0.1, 0.15) is 45.0 Å². The zero-order chi connectivity index (χ0) is 23.4. The summed E-state index contributed by atoms with van der Waals surface area (Å²) in [4.78, 5) is 23.8. The third-order valence-electron chi connectivity index (χ3n) is 8.34. The number of hydrogen-bond donors (Lipinski definition) is 0. The van der Waals surface area contributed by atoms with Crippen molar-refractivity contribution in [3.8, 4) is 5.88 Å². The van der Waals surface area contributed by atoms with Gasteiger partial charge in [0.2, 0.25) is 5.88 Å². The number of allylic oxidation sites excluding steroid dienone is 5. The van der Waals surface area contributed by atoms with E-state index in [1.807, 2.05) is 14.0 Å². The quantitative estimate of drug-likeness (QED) is 0.641. The molecule has 2 heterocycles. The van der Waals surface area contributed by atoms with Crippen LogP contribution in [0.15, 0.2) is 35.8 Å². The third-order valence-corrected chi connectivity index (χ3v) is 8.34. The van der Waals surface area contributed by atoms with Gasteiger partial charge in [0.05, 0.1) is 30.7 Å². The van der Waals surface area contributed by atoms with E-state index in [4.69, 9.17) is 9.47 Å². The van der Waals surface area contributed by atoms with Crippen LogP contribution in [0.2, 0.25) is 0 Å². The molecule has 0 amide bonds. The molecule has 7 atom stereocenters. The predicted molar refractivity (Wildman–Crippen MR) is 127 cm³/mol. The lowest BCUT2D eigenvalue weighted by atomic mass is 9.98. The highest BCUT2D eigenvalue weighted by molar-refractivity contribution is 5.97. The molecule has 33 heavy (non-hydrogen) atoms. The molecule has 5 rings (SSSR count). The largest absolute Gasteiger partial charge is 0.501 e. The van der Waals surface area contributed by atoms with Crippen LogP contribution in [-0.2, 0) is 9.53 Å². The normalized spacial score (nSPS) is 35.1. The number of aryl methyl sites for hydroxylation is 1. The fourth-order valence-electron chi connectivity index (χ4n) is 5.82. The van der Waals surface area contributed by atoms with Crippen molar-refractivity contribution in [3.63, 3.8) is 0 Å². The van der Waals surface area contributed by atoms with Gasteiger partial charge in [-0.05, 0) is 50.0 Å². The second kappa shape index (κ2) is 8.30. The molecule has 0 bridgehead atoms. The second-order valence-corrected chi connectivity index (χ2v) is 10.4. The molecule has 2 fully saturated rings. The third kappa shape index (κ3) is 3.98. The van der Waals surface area contributed by atoms with Crippen LogP contribution in [-0.4, -0.2) is 47.5 Å². The SMILES string of the molecule is COC1=CC=C(C2CC2COc2nc(C)ncc2C2=CC(=O)CC(C)C(C)N2C)C2C(C)C12. The van der Waals surface area contributed by atoms with Gasteiger partial charge in [0.1, 0.15) is 5.82 Å². The highest BCUT2D eigenvalue weighted by Crippen LogP contribution is 2.62. The van der Waals surface area contributed by atoms with E-state index in [2.05, 4.69) is 47.8 Å². The van der Waals surface area contributed by atoms with Crippen molar-refractivity contribution in [2.24, 2.45) is 35.5 Å². The van der Waals surface area contributed by atoms with Crippen molar-refractivity contribution in [1.29, 1.82) is 0 Å². The topological polar surface area (TPSA) is 64.5 Å². The van der Waals surface area contributed by atoms with Crippen molar-refractivity contribution in [2.75, 3.05) is 20.8 Å². The first-order valence-electron chi connectivity index (χ1n) is 12.2. The monoisotopic (exact) mass is 449 g/mol. The van der Waals surface area contributed by atoms with E-state index in [1.54, 1.807) is 25.0 Å². The molecule has 6 nitrogen and oxygen atoms in total. The van der Waals surface area contributed by atoms with Crippen molar-refractivity contribution in [2.45, 2.75) is 46.6 Å². The molecule has 0 spiro atoms. The zero-order valence-electron chi connectivity index (χ0n) is 20.5. The Labute approximate surface area is 196 Å². The molecular weight excluding hydrogens is 414 g/mol. The number of methoxy groups -OCH3 is 1. The predicted octanol–water partition coefficient (Wildman–Crippen LogP) is 4.42. The van der Waals surface area contributed by atoms with Crippen molar-refractivity contribution < 1.29 is 14.3 Å². The molecular formula is C27H35N3O3. The molecule has 1 aromatic heterocycles. The number of ether oxygens (including phenoxy) is 2. The van der Waals surface area contributed by atoms with Crippen molar-refractivity contribution >= 4 is 11.5 Å². The minimum absolute atomic E-state index is 0.142. The highest BCUT2D eigenvalue weighted by Gasteiger charge is 2.57. The summed E-state index contributed by atoms with van der Waals surface area (Å²) in [7, 11) is 3.81. The molecule has 0 aromatic carbocycles. The molecule has 0 saturated heterocycles. The smallest absolute Gasteiger partial charge is 0.226 e. The van der Waals surface area contributed by atoms with Crippen LogP contribution in [0, 0.1) is 42.4 Å². The van der Waals surface area contributed by atoms with Crippen LogP contribution in [0.25, 0.3) is 5.70 Å². The molecule has 0 N–H and O–H groups in total. The Balaban J connectivity index is 1.32. The maximum atomic E-state index is 12.5. The van der Waals surface area contributed by atoms with Gasteiger partial charge in [-0.2, -0.15) is 4.98 Å². The number of carbonyl (C=O) groups is 1. The Morgan fingerprint density at radius 2 is 1.97 bits per heavy atom.